The summed E-state index contributed by atoms with van der Waals surface area (Å²) < 4.78 is 0. The van der Waals surface area contributed by atoms with Gasteiger partial charge in [-0.2, -0.15) is 12.6 Å². The van der Waals surface area contributed by atoms with Gasteiger partial charge in [0.15, 0.2) is 0 Å². The van der Waals surface area contributed by atoms with Gasteiger partial charge in [-0.05, 0) is 25.7 Å². The lowest BCUT2D eigenvalue weighted by Crippen LogP contribution is -2.57. The van der Waals surface area contributed by atoms with Crippen LogP contribution in [0.15, 0.2) is 0 Å². The second kappa shape index (κ2) is 13.0. The van der Waals surface area contributed by atoms with Crippen molar-refractivity contribution in [3.63, 3.8) is 0 Å². The van der Waals surface area contributed by atoms with Gasteiger partial charge in [0.1, 0.15) is 18.1 Å². The van der Waals surface area contributed by atoms with Crippen molar-refractivity contribution in [2.24, 2.45) is 11.7 Å². The highest BCUT2D eigenvalue weighted by atomic mass is 32.1. The van der Waals surface area contributed by atoms with Gasteiger partial charge in [-0.25, -0.2) is 4.79 Å². The lowest BCUT2D eigenvalue weighted by molar-refractivity contribution is -0.143. The zero-order valence-corrected chi connectivity index (χ0v) is 17.6. The van der Waals surface area contributed by atoms with Gasteiger partial charge in [0.2, 0.25) is 17.7 Å². The van der Waals surface area contributed by atoms with E-state index in [1.54, 1.807) is 13.8 Å². The summed E-state index contributed by atoms with van der Waals surface area (Å²) in [6, 6.07) is -4.38. The van der Waals surface area contributed by atoms with Gasteiger partial charge in [0.05, 0.1) is 6.04 Å². The molecular formula is C17H30N4O7S. The highest BCUT2D eigenvalue weighted by Gasteiger charge is 2.30. The summed E-state index contributed by atoms with van der Waals surface area (Å²) in [7, 11) is 0. The minimum absolute atomic E-state index is 0.0264. The monoisotopic (exact) mass is 434 g/mol. The first-order valence-electron chi connectivity index (χ1n) is 9.11. The first kappa shape index (κ1) is 26.7. The van der Waals surface area contributed by atoms with Crippen molar-refractivity contribution in [3.05, 3.63) is 0 Å². The maximum atomic E-state index is 12.6. The van der Waals surface area contributed by atoms with Crippen molar-refractivity contribution < 1.29 is 34.2 Å². The van der Waals surface area contributed by atoms with E-state index in [0.717, 1.165) is 0 Å². The first-order valence-corrected chi connectivity index (χ1v) is 9.74. The molecule has 12 heteroatoms. The van der Waals surface area contributed by atoms with Crippen LogP contribution >= 0.6 is 12.6 Å². The number of hydrogen-bond donors (Lipinski definition) is 7. The highest BCUT2D eigenvalue weighted by Crippen LogP contribution is 2.07. The molecule has 0 aliphatic heterocycles. The van der Waals surface area contributed by atoms with Crippen LogP contribution in [0.25, 0.3) is 0 Å². The summed E-state index contributed by atoms with van der Waals surface area (Å²) in [5.41, 5.74) is 5.46. The van der Waals surface area contributed by atoms with E-state index in [4.69, 9.17) is 10.8 Å². The Hall–Kier alpha value is -2.34. The predicted octanol–water partition coefficient (Wildman–Crippen LogP) is -1.29. The molecule has 0 aliphatic rings. The third kappa shape index (κ3) is 10.7. The Morgan fingerprint density at radius 3 is 1.76 bits per heavy atom. The Kier molecular flexibility index (Phi) is 11.9. The van der Waals surface area contributed by atoms with E-state index in [2.05, 4.69) is 28.6 Å². The number of carbonyl (C=O) groups is 5. The normalized spacial score (nSPS) is 15.0. The Balaban J connectivity index is 5.23. The van der Waals surface area contributed by atoms with Gasteiger partial charge in [-0.1, -0.05) is 13.8 Å². The largest absolute Gasteiger partial charge is 0.481 e. The Bertz CT molecular complexity index is 613. The molecule has 0 aromatic carbocycles. The number of carbonyl (C=O) groups excluding carboxylic acids is 3. The molecule has 0 aromatic heterocycles. The standard InChI is InChI=1S/C17H30N4O7S/c1-8(2)6-11(15(25)19-10(17(27)28)4-5-13(22)23)20-16(26)12(7-29)21-14(24)9(3)18/h8-12,29H,4-7,18H2,1-3H3,(H,19,25)(H,20,26)(H,21,24)(H,22,23)(H,27,28). The minimum Gasteiger partial charge on any atom is -0.481 e. The molecule has 4 unspecified atom stereocenters. The molecule has 7 N–H and O–H groups in total. The number of hydrogen-bond acceptors (Lipinski definition) is 7. The average molecular weight is 435 g/mol. The van der Waals surface area contributed by atoms with Crippen molar-refractivity contribution in [2.45, 2.75) is 64.2 Å². The van der Waals surface area contributed by atoms with E-state index in [0.29, 0.717) is 0 Å². The van der Waals surface area contributed by atoms with Crippen LogP contribution in [0.5, 0.6) is 0 Å². The van der Waals surface area contributed by atoms with Gasteiger partial charge in [-0.3, -0.25) is 19.2 Å². The highest BCUT2D eigenvalue weighted by molar-refractivity contribution is 7.80. The number of carboxylic acids is 2. The molecule has 0 aliphatic carbocycles. The molecule has 0 saturated heterocycles. The molecule has 11 nitrogen and oxygen atoms in total. The van der Waals surface area contributed by atoms with Crippen LogP contribution in [0.4, 0.5) is 0 Å². The zero-order chi connectivity index (χ0) is 22.7. The number of nitrogens with one attached hydrogen (secondary N) is 3. The number of aliphatic carboxylic acids is 2. The Morgan fingerprint density at radius 1 is 0.862 bits per heavy atom. The minimum atomic E-state index is -1.41. The summed E-state index contributed by atoms with van der Waals surface area (Å²) in [5.74, 6) is -4.65. The molecule has 0 radical (unpaired) electrons. The fourth-order valence-electron chi connectivity index (χ4n) is 2.27. The molecule has 166 valence electrons. The summed E-state index contributed by atoms with van der Waals surface area (Å²) in [5, 5.41) is 25.1. The van der Waals surface area contributed by atoms with E-state index in [1.165, 1.54) is 6.92 Å². The van der Waals surface area contributed by atoms with Crippen LogP contribution in [0.3, 0.4) is 0 Å². The fourth-order valence-corrected chi connectivity index (χ4v) is 2.53. The van der Waals surface area contributed by atoms with Crippen LogP contribution in [0.2, 0.25) is 0 Å². The van der Waals surface area contributed by atoms with Gasteiger partial charge in [-0.15, -0.1) is 0 Å². The maximum absolute atomic E-state index is 12.6. The third-order valence-corrected chi connectivity index (χ3v) is 4.20. The lowest BCUT2D eigenvalue weighted by Gasteiger charge is -2.25. The molecule has 0 aromatic rings. The molecule has 0 rings (SSSR count). The van der Waals surface area contributed by atoms with Crippen molar-refractivity contribution in [3.8, 4) is 0 Å². The molecule has 3 amide bonds. The summed E-state index contributed by atoms with van der Waals surface area (Å²) in [6.07, 6.45) is -0.546. The molecule has 0 spiro atoms. The number of thiol groups is 1. The van der Waals surface area contributed by atoms with E-state index >= 15 is 0 Å². The number of carboxylic acid groups (broad SMARTS) is 2. The fraction of sp³-hybridized carbons (Fsp3) is 0.706. The van der Waals surface area contributed by atoms with Gasteiger partial charge < -0.3 is 31.9 Å². The second-order valence-corrected chi connectivity index (χ2v) is 7.42. The average Bonchev–Trinajstić information content (AvgIpc) is 2.60. The van der Waals surface area contributed by atoms with Crippen LogP contribution < -0.4 is 21.7 Å². The van der Waals surface area contributed by atoms with E-state index in [9.17, 15) is 29.1 Å². The smallest absolute Gasteiger partial charge is 0.326 e. The zero-order valence-electron chi connectivity index (χ0n) is 16.7. The van der Waals surface area contributed by atoms with Gasteiger partial charge in [0.25, 0.3) is 0 Å². The quantitative estimate of drug-likeness (QED) is 0.174. The van der Waals surface area contributed by atoms with E-state index in [1.807, 2.05) is 0 Å². The van der Waals surface area contributed by atoms with Crippen molar-refractivity contribution >= 4 is 42.3 Å². The summed E-state index contributed by atoms with van der Waals surface area (Å²) in [4.78, 5) is 58.7. The third-order valence-electron chi connectivity index (χ3n) is 3.83. The topological polar surface area (TPSA) is 188 Å². The molecule has 29 heavy (non-hydrogen) atoms. The first-order chi connectivity index (χ1) is 13.4. The summed E-state index contributed by atoms with van der Waals surface area (Å²) in [6.45, 7) is 5.06. The van der Waals surface area contributed by atoms with Gasteiger partial charge >= 0.3 is 11.9 Å². The number of nitrogens with two attached hydrogens (primary N) is 1. The molecular weight excluding hydrogens is 404 g/mol. The van der Waals surface area contributed by atoms with Crippen molar-refractivity contribution in [1.82, 2.24) is 16.0 Å². The molecule has 0 heterocycles. The predicted molar refractivity (Wildman–Crippen MR) is 107 cm³/mol. The van der Waals surface area contributed by atoms with Crippen LogP contribution in [0, 0.1) is 5.92 Å². The Morgan fingerprint density at radius 2 is 1.34 bits per heavy atom. The Labute approximate surface area is 174 Å². The van der Waals surface area contributed by atoms with Gasteiger partial charge in [0, 0.05) is 12.2 Å². The van der Waals surface area contributed by atoms with Crippen molar-refractivity contribution in [2.75, 3.05) is 5.75 Å². The number of amides is 3. The van der Waals surface area contributed by atoms with E-state index < -0.39 is 60.2 Å². The number of rotatable bonds is 13. The molecule has 4 atom stereocenters. The van der Waals surface area contributed by atoms with Crippen LogP contribution in [-0.2, 0) is 24.0 Å². The molecule has 0 bridgehead atoms. The maximum Gasteiger partial charge on any atom is 0.326 e. The molecule has 0 fully saturated rings. The van der Waals surface area contributed by atoms with Crippen LogP contribution in [0.1, 0.15) is 40.0 Å². The SMILES string of the molecule is CC(C)CC(NC(=O)C(CS)NC(=O)C(C)N)C(=O)NC(CCC(=O)O)C(=O)O. The lowest BCUT2D eigenvalue weighted by atomic mass is 10.0. The van der Waals surface area contributed by atoms with E-state index in [-0.39, 0.29) is 24.5 Å². The van der Waals surface area contributed by atoms with Crippen LogP contribution in [-0.4, -0.2) is 69.8 Å². The van der Waals surface area contributed by atoms with Crippen molar-refractivity contribution in [1.29, 1.82) is 0 Å². The summed E-state index contributed by atoms with van der Waals surface area (Å²) >= 11 is 4.02. The molecule has 0 saturated carbocycles. The second-order valence-electron chi connectivity index (χ2n) is 7.05.